The summed E-state index contributed by atoms with van der Waals surface area (Å²) < 4.78 is 5.34. The molecule has 0 fully saturated rings. The van der Waals surface area contributed by atoms with Gasteiger partial charge in [-0.1, -0.05) is 18.2 Å². The third-order valence-electron chi connectivity index (χ3n) is 3.32. The lowest BCUT2D eigenvalue weighted by Crippen LogP contribution is -2.13. The van der Waals surface area contributed by atoms with E-state index in [-0.39, 0.29) is 21.8 Å². The van der Waals surface area contributed by atoms with Crippen molar-refractivity contribution in [1.29, 1.82) is 5.26 Å². The highest BCUT2D eigenvalue weighted by Crippen LogP contribution is 2.24. The maximum Gasteiger partial charge on any atom is 0.371 e. The molecule has 0 bridgehead atoms. The summed E-state index contributed by atoms with van der Waals surface area (Å²) in [6.07, 6.45) is 3.18. The average Bonchev–Trinajstić information content (AvgIpc) is 2.97. The minimum atomic E-state index is -1.16. The summed E-state index contributed by atoms with van der Waals surface area (Å²) in [4.78, 5) is 27.8. The van der Waals surface area contributed by atoms with Gasteiger partial charge in [-0.05, 0) is 36.0 Å². The molecule has 0 aliphatic rings. The van der Waals surface area contributed by atoms with Crippen LogP contribution >= 0.6 is 12.2 Å². The lowest BCUT2D eigenvalue weighted by atomic mass is 10.1. The van der Waals surface area contributed by atoms with E-state index in [2.05, 4.69) is 9.97 Å². The first-order valence-corrected chi connectivity index (χ1v) is 7.11. The van der Waals surface area contributed by atoms with Crippen LogP contribution in [0.4, 0.5) is 0 Å². The number of nitrogens with one attached hydrogen (secondary N) is 2. The number of nitrogens with zero attached hydrogens (tertiary/aromatic N) is 1. The van der Waals surface area contributed by atoms with E-state index in [4.69, 9.17) is 27.0 Å². The first-order valence-electron chi connectivity index (χ1n) is 6.70. The van der Waals surface area contributed by atoms with Crippen LogP contribution in [0.5, 0.6) is 0 Å². The summed E-state index contributed by atoms with van der Waals surface area (Å²) in [5, 5.41) is 18.7. The molecule has 2 heterocycles. The quantitative estimate of drug-likeness (QED) is 0.630. The van der Waals surface area contributed by atoms with Crippen molar-refractivity contribution in [2.75, 3.05) is 0 Å². The number of aromatic carboxylic acids is 1. The Morgan fingerprint density at radius 1 is 1.33 bits per heavy atom. The van der Waals surface area contributed by atoms with Gasteiger partial charge in [0.2, 0.25) is 5.76 Å². The van der Waals surface area contributed by atoms with E-state index in [0.29, 0.717) is 16.5 Å². The number of benzene rings is 1. The van der Waals surface area contributed by atoms with Crippen molar-refractivity contribution < 1.29 is 14.3 Å². The van der Waals surface area contributed by atoms with Crippen LogP contribution in [0.25, 0.3) is 23.1 Å². The second-order valence-electron chi connectivity index (χ2n) is 4.82. The number of furan rings is 1. The Balaban J connectivity index is 2.13. The molecule has 0 aliphatic carbocycles. The van der Waals surface area contributed by atoms with Gasteiger partial charge in [0.25, 0.3) is 5.56 Å². The molecule has 0 aliphatic heterocycles. The molecule has 24 heavy (non-hydrogen) atoms. The summed E-state index contributed by atoms with van der Waals surface area (Å²) in [6.45, 7) is 0. The molecule has 0 atom stereocenters. The minimum Gasteiger partial charge on any atom is -0.475 e. The Hall–Kier alpha value is -3.44. The number of hydrogen-bond acceptors (Lipinski definition) is 5. The zero-order valence-corrected chi connectivity index (χ0v) is 12.8. The van der Waals surface area contributed by atoms with Gasteiger partial charge >= 0.3 is 5.97 Å². The van der Waals surface area contributed by atoms with Crippen molar-refractivity contribution in [3.8, 4) is 6.07 Å². The number of rotatable bonds is 3. The van der Waals surface area contributed by atoms with Crippen molar-refractivity contribution in [2.45, 2.75) is 0 Å². The van der Waals surface area contributed by atoms with Crippen LogP contribution in [0.2, 0.25) is 0 Å². The Morgan fingerprint density at radius 3 is 2.83 bits per heavy atom. The summed E-state index contributed by atoms with van der Waals surface area (Å²) in [6, 6.07) is 8.36. The molecule has 3 N–H and O–H groups in total. The highest BCUT2D eigenvalue weighted by molar-refractivity contribution is 7.71. The molecular weight excluding hydrogens is 330 g/mol. The molecule has 0 spiro atoms. The molecule has 0 unspecified atom stereocenters. The van der Waals surface area contributed by atoms with E-state index in [1.807, 2.05) is 6.07 Å². The van der Waals surface area contributed by atoms with Crippen LogP contribution in [0.15, 0.2) is 33.5 Å². The molecule has 3 rings (SSSR count). The van der Waals surface area contributed by atoms with E-state index in [9.17, 15) is 9.59 Å². The van der Waals surface area contributed by atoms with Crippen LogP contribution in [0.3, 0.4) is 0 Å². The van der Waals surface area contributed by atoms with Gasteiger partial charge in [-0.2, -0.15) is 5.26 Å². The summed E-state index contributed by atoms with van der Waals surface area (Å²) >= 11 is 4.90. The maximum absolute atomic E-state index is 11.7. The summed E-state index contributed by atoms with van der Waals surface area (Å²) in [5.74, 6) is -1.33. The maximum atomic E-state index is 11.7. The van der Waals surface area contributed by atoms with Crippen molar-refractivity contribution in [3.05, 3.63) is 62.0 Å². The van der Waals surface area contributed by atoms with Gasteiger partial charge in [0, 0.05) is 5.39 Å². The standard InChI is InChI=1S/C16H9N3O4S/c17-7-10-11(18-16(24)19-14(10)20)5-4-8-2-1-3-12-9(8)6-13(23-12)15(21)22/h1-6H,(H,21,22)(H2,18,19,20,24). The Kier molecular flexibility index (Phi) is 3.85. The topological polar surface area (TPSA) is 123 Å². The molecule has 2 aromatic heterocycles. The Labute approximate surface area is 139 Å². The van der Waals surface area contributed by atoms with Gasteiger partial charge in [-0.3, -0.25) is 9.78 Å². The van der Waals surface area contributed by atoms with Gasteiger partial charge in [0.05, 0.1) is 5.69 Å². The minimum absolute atomic E-state index is 0.0922. The number of fused-ring (bicyclic) bond motifs is 1. The predicted molar refractivity (Wildman–Crippen MR) is 89.1 cm³/mol. The summed E-state index contributed by atoms with van der Waals surface area (Å²) in [7, 11) is 0. The fourth-order valence-electron chi connectivity index (χ4n) is 2.25. The number of carboxylic acid groups (broad SMARTS) is 1. The van der Waals surface area contributed by atoms with Crippen molar-refractivity contribution in [1.82, 2.24) is 9.97 Å². The monoisotopic (exact) mass is 339 g/mol. The number of hydrogen-bond donors (Lipinski definition) is 3. The SMILES string of the molecule is N#Cc1c(C=Cc2cccc3oc(C(=O)O)cc23)[nH]c(=S)[nH]c1=O. The molecule has 1 aromatic carbocycles. The van der Waals surface area contributed by atoms with E-state index in [0.717, 1.165) is 0 Å². The highest BCUT2D eigenvalue weighted by atomic mass is 32.1. The number of H-pyrrole nitrogens is 2. The molecule has 0 amide bonds. The number of carboxylic acids is 1. The number of aromatic amines is 2. The second-order valence-corrected chi connectivity index (χ2v) is 5.23. The fraction of sp³-hybridized carbons (Fsp3) is 0. The summed E-state index contributed by atoms with van der Waals surface area (Å²) in [5.41, 5.74) is 0.701. The third kappa shape index (κ3) is 2.76. The molecular formula is C16H9N3O4S. The zero-order chi connectivity index (χ0) is 17.3. The fourth-order valence-corrected chi connectivity index (χ4v) is 2.45. The van der Waals surface area contributed by atoms with Crippen LogP contribution < -0.4 is 5.56 Å². The molecule has 7 nitrogen and oxygen atoms in total. The molecule has 0 saturated carbocycles. The van der Waals surface area contributed by atoms with E-state index >= 15 is 0 Å². The molecule has 118 valence electrons. The number of nitriles is 1. The molecule has 0 radical (unpaired) electrons. The van der Waals surface area contributed by atoms with Gasteiger partial charge in [-0.25, -0.2) is 4.79 Å². The van der Waals surface area contributed by atoms with E-state index < -0.39 is 11.5 Å². The lowest BCUT2D eigenvalue weighted by Gasteiger charge is -1.98. The van der Waals surface area contributed by atoms with Crippen molar-refractivity contribution >= 4 is 41.3 Å². The van der Waals surface area contributed by atoms with Crippen molar-refractivity contribution in [3.63, 3.8) is 0 Å². The Morgan fingerprint density at radius 2 is 2.12 bits per heavy atom. The molecule has 8 heteroatoms. The van der Waals surface area contributed by atoms with E-state index in [1.54, 1.807) is 24.3 Å². The van der Waals surface area contributed by atoms with Gasteiger partial charge in [-0.15, -0.1) is 0 Å². The lowest BCUT2D eigenvalue weighted by molar-refractivity contribution is 0.0665. The second kappa shape index (κ2) is 5.98. The first-order chi connectivity index (χ1) is 11.5. The molecule has 3 aromatic rings. The van der Waals surface area contributed by atoms with Gasteiger partial charge in [0.1, 0.15) is 17.2 Å². The van der Waals surface area contributed by atoms with Crippen molar-refractivity contribution in [2.24, 2.45) is 0 Å². The predicted octanol–water partition coefficient (Wildman–Crippen LogP) is 2.92. The van der Waals surface area contributed by atoms with Gasteiger partial charge < -0.3 is 14.5 Å². The largest absolute Gasteiger partial charge is 0.475 e. The Bertz CT molecular complexity index is 1140. The zero-order valence-electron chi connectivity index (χ0n) is 12.0. The number of aromatic nitrogens is 2. The van der Waals surface area contributed by atoms with E-state index in [1.165, 1.54) is 12.1 Å². The third-order valence-corrected chi connectivity index (χ3v) is 3.52. The van der Waals surface area contributed by atoms with Crippen LogP contribution in [0, 0.1) is 16.1 Å². The van der Waals surface area contributed by atoms with Crippen LogP contribution in [-0.2, 0) is 0 Å². The number of carbonyl (C=O) groups is 1. The molecule has 0 saturated heterocycles. The first kappa shape index (κ1) is 15.5. The normalized spacial score (nSPS) is 11.0. The highest BCUT2D eigenvalue weighted by Gasteiger charge is 2.12. The van der Waals surface area contributed by atoms with Gasteiger partial charge in [0.15, 0.2) is 4.77 Å². The smallest absolute Gasteiger partial charge is 0.371 e. The average molecular weight is 339 g/mol. The van der Waals surface area contributed by atoms with Crippen LogP contribution in [0.1, 0.15) is 27.4 Å². The van der Waals surface area contributed by atoms with Crippen LogP contribution in [-0.4, -0.2) is 21.0 Å².